The van der Waals surface area contributed by atoms with E-state index in [1.165, 1.54) is 0 Å². The monoisotopic (exact) mass is 212 g/mol. The number of amides is 1. The summed E-state index contributed by atoms with van der Waals surface area (Å²) in [6.45, 7) is 3.42. The maximum absolute atomic E-state index is 11.9. The quantitative estimate of drug-likeness (QED) is 0.699. The van der Waals surface area contributed by atoms with Crippen LogP contribution in [0, 0.1) is 11.8 Å². The molecule has 0 spiro atoms. The van der Waals surface area contributed by atoms with Crippen molar-refractivity contribution in [2.75, 3.05) is 20.3 Å². The molecule has 1 amide bonds. The number of hydrogen-bond acceptors (Lipinski definition) is 3. The Morgan fingerprint density at radius 1 is 1.33 bits per heavy atom. The molecule has 0 aromatic heterocycles. The van der Waals surface area contributed by atoms with Gasteiger partial charge in [0.05, 0.1) is 19.1 Å². The average molecular weight is 212 g/mol. The SMILES string of the molecule is CNC1COCC1C(=O)NC1CC(C)C1. The Balaban J connectivity index is 1.80. The largest absolute Gasteiger partial charge is 0.379 e. The van der Waals surface area contributed by atoms with Crippen LogP contribution in [0.2, 0.25) is 0 Å². The normalized spacial score (nSPS) is 39.9. The third-order valence-electron chi connectivity index (χ3n) is 3.51. The smallest absolute Gasteiger partial charge is 0.227 e. The topological polar surface area (TPSA) is 50.4 Å². The predicted octanol–water partition coefficient (Wildman–Crippen LogP) is 0.135. The molecule has 1 aliphatic heterocycles. The van der Waals surface area contributed by atoms with Crippen LogP contribution in [0.3, 0.4) is 0 Å². The van der Waals surface area contributed by atoms with Gasteiger partial charge in [-0.25, -0.2) is 0 Å². The van der Waals surface area contributed by atoms with E-state index in [0.717, 1.165) is 18.8 Å². The highest BCUT2D eigenvalue weighted by molar-refractivity contribution is 5.80. The first-order valence-corrected chi connectivity index (χ1v) is 5.76. The van der Waals surface area contributed by atoms with Gasteiger partial charge in [-0.15, -0.1) is 0 Å². The van der Waals surface area contributed by atoms with Crippen LogP contribution in [0.4, 0.5) is 0 Å². The number of carbonyl (C=O) groups is 1. The zero-order valence-corrected chi connectivity index (χ0v) is 9.45. The van der Waals surface area contributed by atoms with E-state index in [0.29, 0.717) is 19.3 Å². The number of carbonyl (C=O) groups excluding carboxylic acids is 1. The van der Waals surface area contributed by atoms with Crippen LogP contribution < -0.4 is 10.6 Å². The van der Waals surface area contributed by atoms with Gasteiger partial charge in [0, 0.05) is 12.1 Å². The second kappa shape index (κ2) is 4.49. The Morgan fingerprint density at radius 2 is 2.07 bits per heavy atom. The molecule has 1 saturated carbocycles. The molecule has 4 nitrogen and oxygen atoms in total. The van der Waals surface area contributed by atoms with Crippen LogP contribution in [0.5, 0.6) is 0 Å². The fraction of sp³-hybridized carbons (Fsp3) is 0.909. The first-order valence-electron chi connectivity index (χ1n) is 5.76. The van der Waals surface area contributed by atoms with E-state index in [9.17, 15) is 4.79 Å². The van der Waals surface area contributed by atoms with Gasteiger partial charge in [-0.05, 0) is 25.8 Å². The minimum Gasteiger partial charge on any atom is -0.379 e. The summed E-state index contributed by atoms with van der Waals surface area (Å²) in [4.78, 5) is 11.9. The molecule has 4 heteroatoms. The van der Waals surface area contributed by atoms with Crippen molar-refractivity contribution in [1.29, 1.82) is 0 Å². The molecule has 2 unspecified atom stereocenters. The molecular formula is C11H20N2O2. The van der Waals surface area contributed by atoms with Gasteiger partial charge >= 0.3 is 0 Å². The van der Waals surface area contributed by atoms with E-state index < -0.39 is 0 Å². The van der Waals surface area contributed by atoms with Crippen LogP contribution >= 0.6 is 0 Å². The molecule has 1 heterocycles. The van der Waals surface area contributed by atoms with Crippen molar-refractivity contribution in [1.82, 2.24) is 10.6 Å². The van der Waals surface area contributed by atoms with Gasteiger partial charge in [0.2, 0.25) is 5.91 Å². The summed E-state index contributed by atoms with van der Waals surface area (Å²) in [5, 5.41) is 6.22. The minimum atomic E-state index is -0.00842. The summed E-state index contributed by atoms with van der Waals surface area (Å²) in [6.07, 6.45) is 2.26. The second-order valence-electron chi connectivity index (χ2n) is 4.82. The number of rotatable bonds is 3. The van der Waals surface area contributed by atoms with E-state index in [2.05, 4.69) is 17.6 Å². The van der Waals surface area contributed by atoms with Crippen molar-refractivity contribution in [3.05, 3.63) is 0 Å². The zero-order valence-electron chi connectivity index (χ0n) is 9.45. The molecule has 2 fully saturated rings. The van der Waals surface area contributed by atoms with Gasteiger partial charge in [-0.2, -0.15) is 0 Å². The maximum atomic E-state index is 11.9. The van der Waals surface area contributed by atoms with Gasteiger partial charge in [0.25, 0.3) is 0 Å². The summed E-state index contributed by atoms with van der Waals surface area (Å²) in [5.41, 5.74) is 0. The van der Waals surface area contributed by atoms with Gasteiger partial charge in [-0.3, -0.25) is 4.79 Å². The van der Waals surface area contributed by atoms with E-state index in [1.807, 2.05) is 7.05 Å². The number of nitrogens with one attached hydrogen (secondary N) is 2. The van der Waals surface area contributed by atoms with Gasteiger partial charge in [-0.1, -0.05) is 6.92 Å². The van der Waals surface area contributed by atoms with Gasteiger partial charge < -0.3 is 15.4 Å². The molecule has 0 radical (unpaired) electrons. The van der Waals surface area contributed by atoms with Crippen molar-refractivity contribution in [2.24, 2.45) is 11.8 Å². The molecule has 1 saturated heterocycles. The molecule has 0 bridgehead atoms. The Morgan fingerprint density at radius 3 is 2.67 bits per heavy atom. The molecule has 1 aliphatic carbocycles. The fourth-order valence-electron chi connectivity index (χ4n) is 2.43. The number of likely N-dealkylation sites (N-methyl/N-ethyl adjacent to an activating group) is 1. The molecule has 0 aromatic rings. The van der Waals surface area contributed by atoms with Crippen LogP contribution in [0.15, 0.2) is 0 Å². The summed E-state index contributed by atoms with van der Waals surface area (Å²) in [6, 6.07) is 0.591. The fourth-order valence-corrected chi connectivity index (χ4v) is 2.43. The maximum Gasteiger partial charge on any atom is 0.227 e. The molecule has 0 aromatic carbocycles. The van der Waals surface area contributed by atoms with E-state index in [4.69, 9.17) is 4.74 Å². The standard InChI is InChI=1S/C11H20N2O2/c1-7-3-8(4-7)13-11(14)9-5-15-6-10(9)12-2/h7-10,12H,3-6H2,1-2H3,(H,13,14). The predicted molar refractivity (Wildman–Crippen MR) is 57.5 cm³/mol. The number of ether oxygens (including phenoxy) is 1. The summed E-state index contributed by atoms with van der Waals surface area (Å²) in [7, 11) is 1.88. The average Bonchev–Trinajstić information content (AvgIpc) is 2.62. The Labute approximate surface area is 90.8 Å². The third kappa shape index (κ3) is 2.32. The summed E-state index contributed by atoms with van der Waals surface area (Å²) >= 11 is 0. The first-order chi connectivity index (χ1) is 7.20. The second-order valence-corrected chi connectivity index (χ2v) is 4.82. The van der Waals surface area contributed by atoms with Crippen LogP contribution in [-0.4, -0.2) is 38.3 Å². The lowest BCUT2D eigenvalue weighted by atomic mass is 9.81. The van der Waals surface area contributed by atoms with E-state index in [-0.39, 0.29) is 17.9 Å². The lowest BCUT2D eigenvalue weighted by molar-refractivity contribution is -0.127. The zero-order chi connectivity index (χ0) is 10.8. The molecule has 2 aliphatic rings. The number of hydrogen-bond donors (Lipinski definition) is 2. The molecular weight excluding hydrogens is 192 g/mol. The Hall–Kier alpha value is -0.610. The Bertz CT molecular complexity index is 239. The van der Waals surface area contributed by atoms with Crippen molar-refractivity contribution in [2.45, 2.75) is 31.8 Å². The third-order valence-corrected chi connectivity index (χ3v) is 3.51. The van der Waals surface area contributed by atoms with Crippen molar-refractivity contribution in [3.8, 4) is 0 Å². The van der Waals surface area contributed by atoms with Crippen LogP contribution in [0.25, 0.3) is 0 Å². The van der Waals surface area contributed by atoms with Crippen LogP contribution in [-0.2, 0) is 9.53 Å². The van der Waals surface area contributed by atoms with Crippen molar-refractivity contribution < 1.29 is 9.53 Å². The van der Waals surface area contributed by atoms with Gasteiger partial charge in [0.15, 0.2) is 0 Å². The van der Waals surface area contributed by atoms with Crippen LogP contribution in [0.1, 0.15) is 19.8 Å². The first kappa shape index (κ1) is 10.9. The van der Waals surface area contributed by atoms with Crippen molar-refractivity contribution in [3.63, 3.8) is 0 Å². The summed E-state index contributed by atoms with van der Waals surface area (Å²) < 4.78 is 5.31. The Kier molecular flexibility index (Phi) is 3.26. The molecule has 86 valence electrons. The van der Waals surface area contributed by atoms with E-state index >= 15 is 0 Å². The summed E-state index contributed by atoms with van der Waals surface area (Å²) in [5.74, 6) is 0.921. The van der Waals surface area contributed by atoms with Gasteiger partial charge in [0.1, 0.15) is 0 Å². The minimum absolute atomic E-state index is 0.00842. The highest BCUT2D eigenvalue weighted by atomic mass is 16.5. The lowest BCUT2D eigenvalue weighted by Crippen LogP contribution is -2.49. The molecule has 2 atom stereocenters. The molecule has 15 heavy (non-hydrogen) atoms. The van der Waals surface area contributed by atoms with E-state index in [1.54, 1.807) is 0 Å². The lowest BCUT2D eigenvalue weighted by Gasteiger charge is -2.34. The molecule has 2 N–H and O–H groups in total. The van der Waals surface area contributed by atoms with Crippen molar-refractivity contribution >= 4 is 5.91 Å². The molecule has 2 rings (SSSR count). The highest BCUT2D eigenvalue weighted by Gasteiger charge is 2.35. The highest BCUT2D eigenvalue weighted by Crippen LogP contribution is 2.27.